The highest BCUT2D eigenvalue weighted by Gasteiger charge is 2.27. The molecule has 0 atom stereocenters. The van der Waals surface area contributed by atoms with E-state index < -0.39 is 5.60 Å². The SMILES string of the molecule is Cc1nccc(N2CCC(C)(O)CC2)n1. The lowest BCUT2D eigenvalue weighted by atomic mass is 9.94. The van der Waals surface area contributed by atoms with E-state index >= 15 is 0 Å². The first-order valence-electron chi connectivity index (χ1n) is 5.34. The van der Waals surface area contributed by atoms with Gasteiger partial charge in [0.1, 0.15) is 11.6 Å². The fraction of sp³-hybridized carbons (Fsp3) is 0.636. The molecule has 82 valence electrons. The van der Waals surface area contributed by atoms with Crippen molar-refractivity contribution in [2.24, 2.45) is 0 Å². The molecule has 1 aromatic heterocycles. The summed E-state index contributed by atoms with van der Waals surface area (Å²) >= 11 is 0. The van der Waals surface area contributed by atoms with Crippen LogP contribution in [0.2, 0.25) is 0 Å². The number of aliphatic hydroxyl groups is 1. The van der Waals surface area contributed by atoms with Gasteiger partial charge < -0.3 is 10.0 Å². The van der Waals surface area contributed by atoms with Gasteiger partial charge in [-0.2, -0.15) is 0 Å². The standard InChI is InChI=1S/C11H17N3O/c1-9-12-6-3-10(13-9)14-7-4-11(2,15)5-8-14/h3,6,15H,4-5,7-8H2,1-2H3. The van der Waals surface area contributed by atoms with E-state index in [4.69, 9.17) is 0 Å². The molecule has 4 heteroatoms. The summed E-state index contributed by atoms with van der Waals surface area (Å²) < 4.78 is 0. The predicted molar refractivity (Wildman–Crippen MR) is 58.8 cm³/mol. The van der Waals surface area contributed by atoms with Crippen molar-refractivity contribution < 1.29 is 5.11 Å². The van der Waals surface area contributed by atoms with E-state index in [2.05, 4.69) is 14.9 Å². The highest BCUT2D eigenvalue weighted by molar-refractivity contribution is 5.38. The van der Waals surface area contributed by atoms with Gasteiger partial charge in [0.15, 0.2) is 0 Å². The third-order valence-corrected chi connectivity index (χ3v) is 2.93. The van der Waals surface area contributed by atoms with E-state index in [0.717, 1.165) is 37.6 Å². The molecule has 4 nitrogen and oxygen atoms in total. The molecule has 1 fully saturated rings. The van der Waals surface area contributed by atoms with Gasteiger partial charge in [0, 0.05) is 19.3 Å². The normalized spacial score (nSPS) is 20.3. The highest BCUT2D eigenvalue weighted by atomic mass is 16.3. The van der Waals surface area contributed by atoms with Gasteiger partial charge in [0.25, 0.3) is 0 Å². The molecular weight excluding hydrogens is 190 g/mol. The molecule has 1 saturated heterocycles. The summed E-state index contributed by atoms with van der Waals surface area (Å²) in [4.78, 5) is 10.7. The first-order valence-corrected chi connectivity index (χ1v) is 5.34. The quantitative estimate of drug-likeness (QED) is 0.750. The van der Waals surface area contributed by atoms with Crippen LogP contribution in [0, 0.1) is 6.92 Å². The Morgan fingerprint density at radius 3 is 2.67 bits per heavy atom. The van der Waals surface area contributed by atoms with Gasteiger partial charge in [-0.3, -0.25) is 0 Å². The Balaban J connectivity index is 2.08. The minimum Gasteiger partial charge on any atom is -0.390 e. The molecule has 15 heavy (non-hydrogen) atoms. The number of hydrogen-bond acceptors (Lipinski definition) is 4. The third kappa shape index (κ3) is 2.45. The Hall–Kier alpha value is -1.16. The van der Waals surface area contributed by atoms with Crippen molar-refractivity contribution in [3.63, 3.8) is 0 Å². The Bertz CT molecular complexity index is 341. The number of rotatable bonds is 1. The number of aromatic nitrogens is 2. The minimum atomic E-state index is -0.501. The zero-order valence-electron chi connectivity index (χ0n) is 9.27. The molecule has 1 aliphatic rings. The second-order valence-corrected chi connectivity index (χ2v) is 4.45. The number of anilines is 1. The molecule has 0 amide bonds. The summed E-state index contributed by atoms with van der Waals surface area (Å²) in [7, 11) is 0. The van der Waals surface area contributed by atoms with Crippen LogP contribution < -0.4 is 4.90 Å². The molecule has 2 rings (SSSR count). The zero-order valence-corrected chi connectivity index (χ0v) is 9.27. The number of aryl methyl sites for hydroxylation is 1. The van der Waals surface area contributed by atoms with Crippen molar-refractivity contribution in [3.05, 3.63) is 18.1 Å². The van der Waals surface area contributed by atoms with Gasteiger partial charge in [-0.25, -0.2) is 9.97 Å². The topological polar surface area (TPSA) is 49.2 Å². The van der Waals surface area contributed by atoms with Gasteiger partial charge in [-0.15, -0.1) is 0 Å². The molecule has 0 unspecified atom stereocenters. The van der Waals surface area contributed by atoms with E-state index in [1.807, 2.05) is 19.9 Å². The monoisotopic (exact) mass is 207 g/mol. The molecule has 0 aliphatic carbocycles. The average molecular weight is 207 g/mol. The minimum absolute atomic E-state index is 0.501. The van der Waals surface area contributed by atoms with Crippen molar-refractivity contribution in [1.29, 1.82) is 0 Å². The van der Waals surface area contributed by atoms with Crippen LogP contribution in [0.3, 0.4) is 0 Å². The average Bonchev–Trinajstić information content (AvgIpc) is 2.17. The molecule has 0 spiro atoms. The van der Waals surface area contributed by atoms with E-state index in [0.29, 0.717) is 0 Å². The van der Waals surface area contributed by atoms with Crippen molar-refractivity contribution in [3.8, 4) is 0 Å². The molecular formula is C11H17N3O. The molecule has 0 radical (unpaired) electrons. The fourth-order valence-electron chi connectivity index (χ4n) is 1.84. The first-order chi connectivity index (χ1) is 7.07. The van der Waals surface area contributed by atoms with Crippen LogP contribution in [0.15, 0.2) is 12.3 Å². The van der Waals surface area contributed by atoms with E-state index in [1.54, 1.807) is 6.20 Å². The second-order valence-electron chi connectivity index (χ2n) is 4.45. The summed E-state index contributed by atoms with van der Waals surface area (Å²) in [5.74, 6) is 1.77. The number of nitrogens with zero attached hydrogens (tertiary/aromatic N) is 3. The fourth-order valence-corrected chi connectivity index (χ4v) is 1.84. The Kier molecular flexibility index (Phi) is 2.61. The maximum absolute atomic E-state index is 9.83. The van der Waals surface area contributed by atoms with E-state index in [9.17, 15) is 5.11 Å². The lowest BCUT2D eigenvalue weighted by molar-refractivity contribution is 0.0350. The largest absolute Gasteiger partial charge is 0.390 e. The maximum Gasteiger partial charge on any atom is 0.132 e. The number of piperidine rings is 1. The van der Waals surface area contributed by atoms with Crippen LogP contribution in [0.5, 0.6) is 0 Å². The lowest BCUT2D eigenvalue weighted by Gasteiger charge is -2.36. The summed E-state index contributed by atoms with van der Waals surface area (Å²) in [5.41, 5.74) is -0.501. The smallest absolute Gasteiger partial charge is 0.132 e. The Morgan fingerprint density at radius 2 is 2.07 bits per heavy atom. The van der Waals surface area contributed by atoms with Crippen molar-refractivity contribution in [2.45, 2.75) is 32.3 Å². The maximum atomic E-state index is 9.83. The van der Waals surface area contributed by atoms with Crippen molar-refractivity contribution in [1.82, 2.24) is 9.97 Å². The molecule has 1 aliphatic heterocycles. The molecule has 2 heterocycles. The summed E-state index contributed by atoms with van der Waals surface area (Å²) in [6.45, 7) is 5.52. The summed E-state index contributed by atoms with van der Waals surface area (Å²) in [6.07, 6.45) is 3.39. The number of hydrogen-bond donors (Lipinski definition) is 1. The zero-order chi connectivity index (χ0) is 10.9. The van der Waals surface area contributed by atoms with Gasteiger partial charge in [0.2, 0.25) is 0 Å². The Morgan fingerprint density at radius 1 is 1.40 bits per heavy atom. The van der Waals surface area contributed by atoms with Crippen LogP contribution in [0.25, 0.3) is 0 Å². The van der Waals surface area contributed by atoms with Crippen LogP contribution in [0.1, 0.15) is 25.6 Å². The van der Waals surface area contributed by atoms with Crippen LogP contribution >= 0.6 is 0 Å². The van der Waals surface area contributed by atoms with Crippen molar-refractivity contribution in [2.75, 3.05) is 18.0 Å². The molecule has 0 aromatic carbocycles. The van der Waals surface area contributed by atoms with Gasteiger partial charge in [0.05, 0.1) is 5.60 Å². The Labute approximate surface area is 90.0 Å². The van der Waals surface area contributed by atoms with Crippen molar-refractivity contribution >= 4 is 5.82 Å². The van der Waals surface area contributed by atoms with Gasteiger partial charge in [-0.05, 0) is 32.8 Å². The van der Waals surface area contributed by atoms with E-state index in [-0.39, 0.29) is 0 Å². The first kappa shape index (κ1) is 10.4. The van der Waals surface area contributed by atoms with Crippen LogP contribution in [0.4, 0.5) is 5.82 Å². The van der Waals surface area contributed by atoms with Crippen LogP contribution in [-0.4, -0.2) is 33.8 Å². The van der Waals surface area contributed by atoms with Gasteiger partial charge in [-0.1, -0.05) is 0 Å². The highest BCUT2D eigenvalue weighted by Crippen LogP contribution is 2.24. The second kappa shape index (κ2) is 3.77. The molecule has 1 aromatic rings. The van der Waals surface area contributed by atoms with Crippen LogP contribution in [-0.2, 0) is 0 Å². The summed E-state index contributed by atoms with van der Waals surface area (Å²) in [5, 5.41) is 9.83. The third-order valence-electron chi connectivity index (χ3n) is 2.93. The van der Waals surface area contributed by atoms with E-state index in [1.165, 1.54) is 0 Å². The predicted octanol–water partition coefficient (Wildman–Crippen LogP) is 1.14. The molecule has 0 saturated carbocycles. The molecule has 1 N–H and O–H groups in total. The lowest BCUT2D eigenvalue weighted by Crippen LogP contribution is -2.42. The summed E-state index contributed by atoms with van der Waals surface area (Å²) in [6, 6.07) is 1.92. The molecule has 0 bridgehead atoms. The van der Waals surface area contributed by atoms with Gasteiger partial charge >= 0.3 is 0 Å².